The SMILES string of the molecule is CCN(CC(F)(F)F)c1nccnc1N. The zero-order valence-electron chi connectivity index (χ0n) is 8.12. The van der Waals surface area contributed by atoms with Gasteiger partial charge >= 0.3 is 6.18 Å². The Morgan fingerprint density at radius 1 is 1.33 bits per heavy atom. The van der Waals surface area contributed by atoms with E-state index in [9.17, 15) is 13.2 Å². The first-order valence-electron chi connectivity index (χ1n) is 4.32. The molecule has 0 saturated heterocycles. The molecule has 1 aromatic heterocycles. The molecule has 1 aromatic rings. The number of hydrogen-bond donors (Lipinski definition) is 1. The van der Waals surface area contributed by atoms with Crippen molar-refractivity contribution in [1.82, 2.24) is 9.97 Å². The number of halogens is 3. The smallest absolute Gasteiger partial charge is 0.381 e. The molecule has 0 aromatic carbocycles. The molecule has 0 bridgehead atoms. The summed E-state index contributed by atoms with van der Waals surface area (Å²) in [6, 6.07) is 0. The summed E-state index contributed by atoms with van der Waals surface area (Å²) in [5, 5.41) is 0. The summed E-state index contributed by atoms with van der Waals surface area (Å²) in [7, 11) is 0. The van der Waals surface area contributed by atoms with E-state index in [1.165, 1.54) is 12.4 Å². The molecule has 1 heterocycles. The lowest BCUT2D eigenvalue weighted by Crippen LogP contribution is -2.35. The minimum Gasteiger partial charge on any atom is -0.381 e. The molecule has 2 N–H and O–H groups in total. The van der Waals surface area contributed by atoms with Crippen molar-refractivity contribution in [2.75, 3.05) is 23.7 Å². The first-order chi connectivity index (χ1) is 6.94. The van der Waals surface area contributed by atoms with Gasteiger partial charge in [0.05, 0.1) is 0 Å². The lowest BCUT2D eigenvalue weighted by atomic mass is 10.4. The molecule has 0 fully saturated rings. The minimum atomic E-state index is -4.28. The van der Waals surface area contributed by atoms with Gasteiger partial charge in [-0.3, -0.25) is 0 Å². The Morgan fingerprint density at radius 3 is 2.40 bits per heavy atom. The normalized spacial score (nSPS) is 11.5. The molecule has 0 amide bonds. The summed E-state index contributed by atoms with van der Waals surface area (Å²) in [5.41, 5.74) is 5.43. The zero-order chi connectivity index (χ0) is 11.5. The maximum absolute atomic E-state index is 12.2. The van der Waals surface area contributed by atoms with Crippen LogP contribution in [0.1, 0.15) is 6.92 Å². The maximum atomic E-state index is 12.2. The van der Waals surface area contributed by atoms with Crippen LogP contribution in [0.5, 0.6) is 0 Å². The highest BCUT2D eigenvalue weighted by Crippen LogP contribution is 2.22. The van der Waals surface area contributed by atoms with E-state index in [1.807, 2.05) is 0 Å². The van der Waals surface area contributed by atoms with Crippen LogP contribution in [0.4, 0.5) is 24.8 Å². The average Bonchev–Trinajstić information content (AvgIpc) is 2.14. The molecular formula is C8H11F3N4. The van der Waals surface area contributed by atoms with Gasteiger partial charge in [0, 0.05) is 18.9 Å². The lowest BCUT2D eigenvalue weighted by Gasteiger charge is -2.23. The van der Waals surface area contributed by atoms with Gasteiger partial charge in [-0.2, -0.15) is 13.2 Å². The number of nitrogens with zero attached hydrogens (tertiary/aromatic N) is 3. The first-order valence-corrected chi connectivity index (χ1v) is 4.32. The van der Waals surface area contributed by atoms with Crippen LogP contribution in [0, 0.1) is 0 Å². The highest BCUT2D eigenvalue weighted by molar-refractivity contribution is 5.57. The van der Waals surface area contributed by atoms with Crippen LogP contribution in [0.25, 0.3) is 0 Å². The number of aromatic nitrogens is 2. The van der Waals surface area contributed by atoms with Crippen LogP contribution in [-0.2, 0) is 0 Å². The Bertz CT molecular complexity index is 326. The third-order valence-corrected chi connectivity index (χ3v) is 1.76. The monoisotopic (exact) mass is 220 g/mol. The van der Waals surface area contributed by atoms with Crippen molar-refractivity contribution >= 4 is 11.6 Å². The van der Waals surface area contributed by atoms with Gasteiger partial charge in [0.2, 0.25) is 0 Å². The van der Waals surface area contributed by atoms with Crippen LogP contribution in [0.3, 0.4) is 0 Å². The van der Waals surface area contributed by atoms with Gasteiger partial charge in [0.15, 0.2) is 11.6 Å². The second-order valence-electron chi connectivity index (χ2n) is 2.89. The standard InChI is InChI=1S/C8H11F3N4/c1-2-15(5-8(9,10)11)7-6(12)13-3-4-14-7/h3-4H,2,5H2,1H3,(H2,12,13). The number of anilines is 2. The summed E-state index contributed by atoms with van der Waals surface area (Å²) in [6.07, 6.45) is -1.63. The topological polar surface area (TPSA) is 55.0 Å². The van der Waals surface area contributed by atoms with Gasteiger partial charge < -0.3 is 10.6 Å². The van der Waals surface area contributed by atoms with E-state index in [1.54, 1.807) is 6.92 Å². The van der Waals surface area contributed by atoms with E-state index >= 15 is 0 Å². The summed E-state index contributed by atoms with van der Waals surface area (Å²) >= 11 is 0. The van der Waals surface area contributed by atoms with Crippen molar-refractivity contribution in [3.63, 3.8) is 0 Å². The van der Waals surface area contributed by atoms with Gasteiger partial charge in [0.25, 0.3) is 0 Å². The first kappa shape index (κ1) is 11.5. The molecule has 15 heavy (non-hydrogen) atoms. The van der Waals surface area contributed by atoms with E-state index in [4.69, 9.17) is 5.73 Å². The Kier molecular flexibility index (Phi) is 3.33. The van der Waals surface area contributed by atoms with Gasteiger partial charge in [-0.1, -0.05) is 0 Å². The van der Waals surface area contributed by atoms with Gasteiger partial charge in [-0.25, -0.2) is 9.97 Å². The summed E-state index contributed by atoms with van der Waals surface area (Å²) in [5.74, 6) is 0.0703. The van der Waals surface area contributed by atoms with E-state index < -0.39 is 12.7 Å². The molecule has 84 valence electrons. The minimum absolute atomic E-state index is 0.00333. The molecule has 0 aliphatic heterocycles. The predicted molar refractivity (Wildman–Crippen MR) is 50.4 cm³/mol. The summed E-state index contributed by atoms with van der Waals surface area (Å²) < 4.78 is 36.5. The Morgan fingerprint density at radius 2 is 1.93 bits per heavy atom. The van der Waals surface area contributed by atoms with Crippen LogP contribution in [0.15, 0.2) is 12.4 Å². The number of nitrogens with two attached hydrogens (primary N) is 1. The number of nitrogen functional groups attached to an aromatic ring is 1. The molecule has 0 aliphatic carbocycles. The third-order valence-electron chi connectivity index (χ3n) is 1.76. The van der Waals surface area contributed by atoms with Gasteiger partial charge in [-0.05, 0) is 6.92 Å². The third kappa shape index (κ3) is 3.26. The van der Waals surface area contributed by atoms with Crippen LogP contribution < -0.4 is 10.6 Å². The van der Waals surface area contributed by atoms with Gasteiger partial charge in [0.1, 0.15) is 6.54 Å². The van der Waals surface area contributed by atoms with Crippen LogP contribution >= 0.6 is 0 Å². The molecule has 0 unspecified atom stereocenters. The number of alkyl halides is 3. The molecule has 4 nitrogen and oxygen atoms in total. The van der Waals surface area contributed by atoms with Crippen molar-refractivity contribution < 1.29 is 13.2 Å². The fourth-order valence-corrected chi connectivity index (χ4v) is 1.14. The van der Waals surface area contributed by atoms with E-state index in [0.29, 0.717) is 0 Å². The van der Waals surface area contributed by atoms with Crippen molar-refractivity contribution in [2.45, 2.75) is 13.1 Å². The Labute approximate surface area is 84.9 Å². The molecule has 0 atom stereocenters. The quantitative estimate of drug-likeness (QED) is 0.837. The van der Waals surface area contributed by atoms with Crippen molar-refractivity contribution in [3.05, 3.63) is 12.4 Å². The maximum Gasteiger partial charge on any atom is 0.405 e. The van der Waals surface area contributed by atoms with Crippen LogP contribution in [0.2, 0.25) is 0 Å². The molecule has 0 spiro atoms. The predicted octanol–water partition coefficient (Wildman–Crippen LogP) is 1.45. The van der Waals surface area contributed by atoms with Crippen molar-refractivity contribution in [2.24, 2.45) is 0 Å². The largest absolute Gasteiger partial charge is 0.405 e. The fraction of sp³-hybridized carbons (Fsp3) is 0.500. The fourth-order valence-electron chi connectivity index (χ4n) is 1.14. The van der Waals surface area contributed by atoms with E-state index in [-0.39, 0.29) is 18.2 Å². The highest BCUT2D eigenvalue weighted by Gasteiger charge is 2.31. The average molecular weight is 220 g/mol. The van der Waals surface area contributed by atoms with Gasteiger partial charge in [-0.15, -0.1) is 0 Å². The molecule has 0 radical (unpaired) electrons. The number of hydrogen-bond acceptors (Lipinski definition) is 4. The second-order valence-corrected chi connectivity index (χ2v) is 2.89. The Hall–Kier alpha value is -1.53. The number of rotatable bonds is 3. The van der Waals surface area contributed by atoms with Crippen molar-refractivity contribution in [3.8, 4) is 0 Å². The molecular weight excluding hydrogens is 209 g/mol. The Balaban J connectivity index is 2.88. The lowest BCUT2D eigenvalue weighted by molar-refractivity contribution is -0.119. The molecule has 1 rings (SSSR count). The molecule has 7 heteroatoms. The second kappa shape index (κ2) is 4.33. The summed E-state index contributed by atoms with van der Waals surface area (Å²) in [4.78, 5) is 8.49. The highest BCUT2D eigenvalue weighted by atomic mass is 19.4. The zero-order valence-corrected chi connectivity index (χ0v) is 8.12. The molecule has 0 saturated carbocycles. The van der Waals surface area contributed by atoms with E-state index in [2.05, 4.69) is 9.97 Å². The van der Waals surface area contributed by atoms with Crippen molar-refractivity contribution in [1.29, 1.82) is 0 Å². The van der Waals surface area contributed by atoms with E-state index in [0.717, 1.165) is 4.90 Å². The molecule has 0 aliphatic rings. The van der Waals surface area contributed by atoms with Crippen LogP contribution in [-0.4, -0.2) is 29.2 Å². The summed E-state index contributed by atoms with van der Waals surface area (Å²) in [6.45, 7) is 0.689.